The highest BCUT2D eigenvalue weighted by Crippen LogP contribution is 2.63. The van der Waals surface area contributed by atoms with Gasteiger partial charge in [-0.3, -0.25) is 9.13 Å². The first-order valence-corrected chi connectivity index (χ1v) is 10.6. The second-order valence-electron chi connectivity index (χ2n) is 4.65. The quantitative estimate of drug-likeness (QED) is 0.315. The molecule has 22 heavy (non-hydrogen) atoms. The van der Waals surface area contributed by atoms with Gasteiger partial charge in [0.25, 0.3) is 0 Å². The summed E-state index contributed by atoms with van der Waals surface area (Å²) >= 11 is 0. The zero-order valence-electron chi connectivity index (χ0n) is 12.5. The Morgan fingerprint density at radius 2 is 1.82 bits per heavy atom. The third kappa shape index (κ3) is 12.3. The average molecular weight is 374 g/mol. The molecule has 0 aromatic rings. The molecule has 0 bridgehead atoms. The van der Waals surface area contributed by atoms with Crippen molar-refractivity contribution in [1.29, 1.82) is 0 Å². The largest absolute Gasteiger partial charge is 0.486 e. The second-order valence-corrected chi connectivity index (χ2v) is 8.93. The Balaban J connectivity index is 4.64. The number of phosphoric acid groups is 1. The van der Waals surface area contributed by atoms with Gasteiger partial charge < -0.3 is 14.7 Å². The summed E-state index contributed by atoms with van der Waals surface area (Å²) < 4.78 is 40.6. The van der Waals surface area contributed by atoms with E-state index in [-0.39, 0.29) is 0 Å². The van der Waals surface area contributed by atoms with E-state index in [4.69, 9.17) is 9.79 Å². The van der Waals surface area contributed by atoms with Gasteiger partial charge in [-0.15, -0.1) is 0 Å². The Morgan fingerprint density at radius 3 is 2.32 bits per heavy atom. The Labute approximate surface area is 130 Å². The smallest absolute Gasteiger partial charge is 0.326 e. The molecule has 0 aliphatic carbocycles. The van der Waals surface area contributed by atoms with E-state index < -0.39 is 23.7 Å². The first kappa shape index (κ1) is 21.7. The summed E-state index contributed by atoms with van der Waals surface area (Å²) in [6.07, 6.45) is 6.40. The molecule has 0 radical (unpaired) electrons. The van der Waals surface area contributed by atoms with Gasteiger partial charge in [0.15, 0.2) is 0 Å². The molecule has 0 saturated heterocycles. The summed E-state index contributed by atoms with van der Waals surface area (Å²) in [5.41, 5.74) is 2.12. The van der Waals surface area contributed by atoms with Gasteiger partial charge in [0, 0.05) is 5.82 Å². The second kappa shape index (κ2) is 9.76. The monoisotopic (exact) mass is 374 g/mol. The van der Waals surface area contributed by atoms with Crippen molar-refractivity contribution < 1.29 is 37.0 Å². The topological polar surface area (TPSA) is 130 Å². The van der Waals surface area contributed by atoms with Gasteiger partial charge in [-0.25, -0.2) is 13.2 Å². The van der Waals surface area contributed by atoms with Crippen molar-refractivity contribution in [2.24, 2.45) is 0 Å². The molecule has 3 atom stereocenters. The molecule has 128 valence electrons. The van der Waals surface area contributed by atoms with Gasteiger partial charge in [-0.05, 0) is 33.6 Å². The molecule has 0 aliphatic rings. The maximum Gasteiger partial charge on any atom is 0.486 e. The Morgan fingerprint density at radius 1 is 1.23 bits per heavy atom. The molecule has 3 N–H and O–H groups in total. The summed E-state index contributed by atoms with van der Waals surface area (Å²) in [6, 6.07) is 0. The Kier molecular flexibility index (Phi) is 9.63. The van der Waals surface area contributed by atoms with Crippen molar-refractivity contribution in [2.75, 3.05) is 0 Å². The molecule has 0 aliphatic heterocycles. The van der Waals surface area contributed by atoms with Gasteiger partial charge >= 0.3 is 23.7 Å². The maximum atomic E-state index is 11.5. The molecule has 8 nitrogen and oxygen atoms in total. The zero-order chi connectivity index (χ0) is 17.4. The van der Waals surface area contributed by atoms with Crippen molar-refractivity contribution in [2.45, 2.75) is 33.6 Å². The van der Waals surface area contributed by atoms with E-state index in [9.17, 15) is 18.6 Å². The molecule has 0 fully saturated rings. The van der Waals surface area contributed by atoms with E-state index >= 15 is 0 Å². The lowest BCUT2D eigenvalue weighted by molar-refractivity contribution is 0.266. The van der Waals surface area contributed by atoms with E-state index in [0.29, 0.717) is 5.82 Å². The molecule has 0 spiro atoms. The molecular formula is C11H21O8P3. The summed E-state index contributed by atoms with van der Waals surface area (Å²) in [5, 5.41) is 0. The molecule has 0 aromatic heterocycles. The van der Waals surface area contributed by atoms with Crippen LogP contribution in [0.5, 0.6) is 0 Å². The van der Waals surface area contributed by atoms with Crippen molar-refractivity contribution in [3.05, 3.63) is 35.2 Å². The fraction of sp³-hybridized carbons (Fsp3) is 0.455. The van der Waals surface area contributed by atoms with E-state index in [2.05, 4.69) is 14.7 Å². The van der Waals surface area contributed by atoms with Crippen LogP contribution in [-0.4, -0.2) is 14.7 Å². The van der Waals surface area contributed by atoms with Crippen LogP contribution in [0.15, 0.2) is 35.2 Å². The summed E-state index contributed by atoms with van der Waals surface area (Å²) in [4.78, 5) is 26.7. The van der Waals surface area contributed by atoms with Crippen molar-refractivity contribution in [3.63, 3.8) is 0 Å². The van der Waals surface area contributed by atoms with E-state index in [1.54, 1.807) is 6.08 Å². The molecule has 11 heteroatoms. The van der Waals surface area contributed by atoms with Crippen molar-refractivity contribution in [1.82, 2.24) is 0 Å². The van der Waals surface area contributed by atoms with Gasteiger partial charge in [0.05, 0.1) is 0 Å². The number of hydrogen-bond donors (Lipinski definition) is 3. The van der Waals surface area contributed by atoms with Gasteiger partial charge in [0.1, 0.15) is 0 Å². The predicted octanol–water partition coefficient (Wildman–Crippen LogP) is 3.89. The van der Waals surface area contributed by atoms with E-state index in [1.807, 2.05) is 20.8 Å². The van der Waals surface area contributed by atoms with E-state index in [0.717, 1.165) is 18.4 Å². The molecule has 0 heterocycles. The molecule has 0 aromatic carbocycles. The maximum absolute atomic E-state index is 11.5. The summed E-state index contributed by atoms with van der Waals surface area (Å²) in [7, 11) is -13.4. The minimum Gasteiger partial charge on any atom is -0.326 e. The van der Waals surface area contributed by atoms with Crippen LogP contribution in [0.3, 0.4) is 0 Å². The van der Waals surface area contributed by atoms with Crippen LogP contribution in [0, 0.1) is 0 Å². The average Bonchev–Trinajstić information content (AvgIpc) is 2.23. The molecule has 3 unspecified atom stereocenters. The first-order valence-electron chi connectivity index (χ1n) is 6.21. The van der Waals surface area contributed by atoms with Crippen LogP contribution in [-0.2, 0) is 22.3 Å². The summed E-state index contributed by atoms with van der Waals surface area (Å²) in [6.45, 7) is 5.78. The van der Waals surface area contributed by atoms with Gasteiger partial charge in [-0.2, -0.15) is 0 Å². The van der Waals surface area contributed by atoms with Gasteiger partial charge in [0.2, 0.25) is 0 Å². The lowest BCUT2D eigenvalue weighted by Gasteiger charge is -2.11. The molecule has 0 rings (SSSR count). The third-order valence-corrected chi connectivity index (χ3v) is 6.02. The number of hydrogen-bond acceptors (Lipinski definition) is 5. The van der Waals surface area contributed by atoms with Crippen LogP contribution >= 0.6 is 23.7 Å². The zero-order valence-corrected chi connectivity index (χ0v) is 15.3. The SMILES string of the molecule is CC(C)=CCCC(C)=CC=CP(=O)(O)OP(=O)(O)O[PH](=O)O. The minimum absolute atomic E-state index is 0.693. The summed E-state index contributed by atoms with van der Waals surface area (Å²) in [5.74, 6) is 0.693. The Hall–Kier alpha value is -0.290. The normalized spacial score (nSPS) is 19.5. The Bertz CT molecular complexity index is 574. The highest BCUT2D eigenvalue weighted by Gasteiger charge is 2.33. The van der Waals surface area contributed by atoms with Crippen LogP contribution in [0.25, 0.3) is 0 Å². The molecule has 0 amide bonds. The highest BCUT2D eigenvalue weighted by molar-refractivity contribution is 7.68. The molecule has 0 saturated carbocycles. The lowest BCUT2D eigenvalue weighted by atomic mass is 10.1. The van der Waals surface area contributed by atoms with Crippen LogP contribution in [0.2, 0.25) is 0 Å². The van der Waals surface area contributed by atoms with Crippen LogP contribution in [0.1, 0.15) is 33.6 Å². The highest BCUT2D eigenvalue weighted by atomic mass is 31.3. The van der Waals surface area contributed by atoms with Gasteiger partial charge in [-0.1, -0.05) is 29.4 Å². The van der Waals surface area contributed by atoms with Crippen LogP contribution < -0.4 is 0 Å². The van der Waals surface area contributed by atoms with Crippen molar-refractivity contribution in [3.8, 4) is 0 Å². The minimum atomic E-state index is -5.07. The van der Waals surface area contributed by atoms with Crippen LogP contribution in [0.4, 0.5) is 0 Å². The van der Waals surface area contributed by atoms with Crippen molar-refractivity contribution >= 4 is 23.7 Å². The number of allylic oxidation sites excluding steroid dienone is 5. The standard InChI is InChI=1S/C11H21O8P3/c1-10(2)6-4-7-11(3)8-5-9-21(14,15)19-22(16,17)18-20(12)13/h5-6,8-9,20H,4,7H2,1-3H3,(H,12,13)(H,14,15)(H,16,17). The fourth-order valence-electron chi connectivity index (χ4n) is 1.28. The molecular weight excluding hydrogens is 353 g/mol. The third-order valence-electron chi connectivity index (χ3n) is 2.16. The lowest BCUT2D eigenvalue weighted by Crippen LogP contribution is -1.87. The predicted molar refractivity (Wildman–Crippen MR) is 84.6 cm³/mol. The van der Waals surface area contributed by atoms with E-state index in [1.165, 1.54) is 11.6 Å². The number of rotatable bonds is 9. The fourth-order valence-corrected chi connectivity index (χ4v) is 4.21. The first-order chi connectivity index (χ1) is 9.93.